The molecule has 1 aromatic rings. The molecule has 0 heterocycles. The number of phenols is 1. The molecule has 2 unspecified atom stereocenters. The molecule has 0 saturated carbocycles. The molecule has 0 aromatic heterocycles. The number of hydrogen-bond acceptors (Lipinski definition) is 3. The van der Waals surface area contributed by atoms with Crippen LogP contribution in [0.15, 0.2) is 42.5 Å². The molecule has 1 aromatic carbocycles. The van der Waals surface area contributed by atoms with Crippen LogP contribution in [0.3, 0.4) is 0 Å². The molecule has 0 spiro atoms. The Morgan fingerprint density at radius 1 is 1.29 bits per heavy atom. The molecule has 0 bridgehead atoms. The van der Waals surface area contributed by atoms with Gasteiger partial charge >= 0.3 is 5.97 Å². The van der Waals surface area contributed by atoms with Gasteiger partial charge in [-0.25, -0.2) is 4.79 Å². The maximum atomic E-state index is 11.3. The maximum absolute atomic E-state index is 11.3. The highest BCUT2D eigenvalue weighted by molar-refractivity contribution is 5.89. The summed E-state index contributed by atoms with van der Waals surface area (Å²) in [6.45, 7) is 8.20. The standard InChI is InChI=1S/C20H26O4/c1-14(7-8-16(3)15(2)6-4-5-11-21)12-17-13-18(22)9-10-19(17)20(23)24/h4,6,9-11,13-14,16,22H,2,5,7-8,12H2,1,3H3,(H,23,24)/b6-4-. The predicted octanol–water partition coefficient (Wildman–Crippen LogP) is 4.39. The van der Waals surface area contributed by atoms with Gasteiger partial charge in [0.15, 0.2) is 0 Å². The fourth-order valence-electron chi connectivity index (χ4n) is 2.59. The van der Waals surface area contributed by atoms with E-state index in [2.05, 4.69) is 20.4 Å². The molecule has 24 heavy (non-hydrogen) atoms. The highest BCUT2D eigenvalue weighted by atomic mass is 16.4. The summed E-state index contributed by atoms with van der Waals surface area (Å²) in [7, 11) is 0. The van der Waals surface area contributed by atoms with E-state index in [1.165, 1.54) is 18.2 Å². The SMILES string of the molecule is C=C(/C=C\CC=O)C(C)CCC(C)Cc1cc(O)ccc1C(=O)O. The van der Waals surface area contributed by atoms with Crippen molar-refractivity contribution in [1.82, 2.24) is 0 Å². The summed E-state index contributed by atoms with van der Waals surface area (Å²) in [6.07, 6.45) is 7.42. The van der Waals surface area contributed by atoms with E-state index in [0.717, 1.165) is 24.7 Å². The fourth-order valence-corrected chi connectivity index (χ4v) is 2.59. The highest BCUT2D eigenvalue weighted by Gasteiger charge is 2.15. The Morgan fingerprint density at radius 3 is 2.62 bits per heavy atom. The number of aromatic hydroxyl groups is 1. The first-order valence-electron chi connectivity index (χ1n) is 8.19. The van der Waals surface area contributed by atoms with E-state index < -0.39 is 5.97 Å². The van der Waals surface area contributed by atoms with Crippen LogP contribution in [0.4, 0.5) is 0 Å². The van der Waals surface area contributed by atoms with Gasteiger partial charge in [0.2, 0.25) is 0 Å². The van der Waals surface area contributed by atoms with E-state index in [4.69, 9.17) is 0 Å². The largest absolute Gasteiger partial charge is 0.508 e. The zero-order valence-corrected chi connectivity index (χ0v) is 14.4. The summed E-state index contributed by atoms with van der Waals surface area (Å²) in [5.74, 6) is -0.291. The van der Waals surface area contributed by atoms with E-state index >= 15 is 0 Å². The first-order chi connectivity index (χ1) is 11.3. The predicted molar refractivity (Wildman–Crippen MR) is 95.3 cm³/mol. The van der Waals surface area contributed by atoms with Crippen LogP contribution in [0.2, 0.25) is 0 Å². The number of carbonyl (C=O) groups is 2. The van der Waals surface area contributed by atoms with E-state index in [1.54, 1.807) is 6.08 Å². The van der Waals surface area contributed by atoms with Crippen molar-refractivity contribution in [3.8, 4) is 5.75 Å². The van der Waals surface area contributed by atoms with Gasteiger partial charge in [0, 0.05) is 6.42 Å². The molecule has 0 amide bonds. The van der Waals surface area contributed by atoms with Crippen molar-refractivity contribution in [3.63, 3.8) is 0 Å². The van der Waals surface area contributed by atoms with Crippen molar-refractivity contribution in [2.45, 2.75) is 39.5 Å². The minimum atomic E-state index is -0.973. The van der Waals surface area contributed by atoms with Crippen molar-refractivity contribution in [1.29, 1.82) is 0 Å². The van der Waals surface area contributed by atoms with E-state index in [9.17, 15) is 19.8 Å². The van der Waals surface area contributed by atoms with Crippen molar-refractivity contribution in [2.75, 3.05) is 0 Å². The lowest BCUT2D eigenvalue weighted by atomic mass is 9.88. The van der Waals surface area contributed by atoms with Crippen molar-refractivity contribution >= 4 is 12.3 Å². The Balaban J connectivity index is 2.59. The molecule has 4 heteroatoms. The van der Waals surface area contributed by atoms with Crippen molar-refractivity contribution in [2.24, 2.45) is 11.8 Å². The molecule has 0 saturated heterocycles. The maximum Gasteiger partial charge on any atom is 0.335 e. The van der Waals surface area contributed by atoms with Gasteiger partial charge in [-0.3, -0.25) is 0 Å². The number of carboxylic acid groups (broad SMARTS) is 1. The van der Waals surface area contributed by atoms with Crippen LogP contribution in [0.25, 0.3) is 0 Å². The summed E-state index contributed by atoms with van der Waals surface area (Å²) < 4.78 is 0. The fraction of sp³-hybridized carbons (Fsp3) is 0.400. The molecular weight excluding hydrogens is 304 g/mol. The molecule has 1 rings (SSSR count). The number of phenolic OH excluding ortho intramolecular Hbond substituents is 1. The third-order valence-electron chi connectivity index (χ3n) is 4.18. The summed E-state index contributed by atoms with van der Waals surface area (Å²) in [5, 5.41) is 18.8. The second-order valence-electron chi connectivity index (χ2n) is 6.31. The van der Waals surface area contributed by atoms with E-state index in [-0.39, 0.29) is 11.3 Å². The Hall–Kier alpha value is -2.36. The van der Waals surface area contributed by atoms with Crippen molar-refractivity contribution in [3.05, 3.63) is 53.6 Å². The van der Waals surface area contributed by atoms with Gasteiger partial charge in [-0.1, -0.05) is 38.2 Å². The van der Waals surface area contributed by atoms with Gasteiger partial charge in [0.05, 0.1) is 5.56 Å². The first-order valence-corrected chi connectivity index (χ1v) is 8.19. The van der Waals surface area contributed by atoms with Crippen LogP contribution < -0.4 is 0 Å². The number of benzene rings is 1. The third kappa shape index (κ3) is 6.41. The van der Waals surface area contributed by atoms with Crippen LogP contribution in [-0.4, -0.2) is 22.5 Å². The van der Waals surface area contributed by atoms with Gasteiger partial charge in [0.1, 0.15) is 12.0 Å². The lowest BCUT2D eigenvalue weighted by Crippen LogP contribution is -2.08. The first kappa shape index (κ1) is 19.7. The lowest BCUT2D eigenvalue weighted by molar-refractivity contribution is -0.107. The number of allylic oxidation sites excluding steroid dienone is 3. The minimum absolute atomic E-state index is 0.0873. The molecule has 130 valence electrons. The molecule has 0 aliphatic carbocycles. The Morgan fingerprint density at radius 2 is 2.00 bits per heavy atom. The van der Waals surface area contributed by atoms with Gasteiger partial charge in [-0.15, -0.1) is 0 Å². The van der Waals surface area contributed by atoms with Crippen LogP contribution in [-0.2, 0) is 11.2 Å². The monoisotopic (exact) mass is 330 g/mol. The molecular formula is C20H26O4. The van der Waals surface area contributed by atoms with E-state index in [1.807, 2.05) is 6.08 Å². The van der Waals surface area contributed by atoms with E-state index in [0.29, 0.717) is 30.2 Å². The van der Waals surface area contributed by atoms with Gasteiger partial charge in [-0.05, 0) is 54.9 Å². The third-order valence-corrected chi connectivity index (χ3v) is 4.18. The number of carboxylic acids is 1. The van der Waals surface area contributed by atoms with Crippen LogP contribution in [0.5, 0.6) is 5.75 Å². The highest BCUT2D eigenvalue weighted by Crippen LogP contribution is 2.25. The molecule has 4 nitrogen and oxygen atoms in total. The minimum Gasteiger partial charge on any atom is -0.508 e. The molecule has 2 N–H and O–H groups in total. The zero-order chi connectivity index (χ0) is 18.1. The lowest BCUT2D eigenvalue weighted by Gasteiger charge is -2.17. The molecule has 0 radical (unpaired) electrons. The second kappa shape index (κ2) is 9.71. The molecule has 0 fully saturated rings. The normalized spacial score (nSPS) is 13.6. The molecule has 0 aliphatic rings. The summed E-state index contributed by atoms with van der Waals surface area (Å²) in [4.78, 5) is 21.6. The molecule has 0 aliphatic heterocycles. The van der Waals surface area contributed by atoms with Gasteiger partial charge < -0.3 is 15.0 Å². The summed E-state index contributed by atoms with van der Waals surface area (Å²) in [5.41, 5.74) is 1.90. The average molecular weight is 330 g/mol. The summed E-state index contributed by atoms with van der Waals surface area (Å²) >= 11 is 0. The number of aromatic carboxylic acids is 1. The average Bonchev–Trinajstić information content (AvgIpc) is 2.52. The number of carbonyl (C=O) groups excluding carboxylic acids is 1. The van der Waals surface area contributed by atoms with Crippen LogP contribution in [0.1, 0.15) is 49.0 Å². The second-order valence-corrected chi connectivity index (χ2v) is 6.31. The Bertz CT molecular complexity index is 616. The quantitative estimate of drug-likeness (QED) is 0.493. The Kier molecular flexibility index (Phi) is 7.96. The number of rotatable bonds is 10. The summed E-state index contributed by atoms with van der Waals surface area (Å²) in [6, 6.07) is 4.38. The van der Waals surface area contributed by atoms with Crippen LogP contribution >= 0.6 is 0 Å². The Labute approximate surface area is 143 Å². The topological polar surface area (TPSA) is 74.6 Å². The van der Waals surface area contributed by atoms with Crippen LogP contribution in [0, 0.1) is 11.8 Å². The van der Waals surface area contributed by atoms with Gasteiger partial charge in [-0.2, -0.15) is 0 Å². The van der Waals surface area contributed by atoms with Gasteiger partial charge in [0.25, 0.3) is 0 Å². The zero-order valence-electron chi connectivity index (χ0n) is 14.4. The number of hydrogen-bond donors (Lipinski definition) is 2. The smallest absolute Gasteiger partial charge is 0.335 e. The van der Waals surface area contributed by atoms with Crippen molar-refractivity contribution < 1.29 is 19.8 Å². The number of aldehydes is 1. The molecule has 2 atom stereocenters.